The average Bonchev–Trinajstić information content (AvgIpc) is 3.16. The number of rotatable bonds is 4. The molecule has 1 heterocycles. The molecule has 2 N–H and O–H groups in total. The molecule has 1 aliphatic heterocycles. The van der Waals surface area contributed by atoms with Crippen molar-refractivity contribution in [1.29, 1.82) is 0 Å². The Morgan fingerprint density at radius 2 is 1.77 bits per heavy atom. The van der Waals surface area contributed by atoms with Crippen LogP contribution in [0.4, 0.5) is 0 Å². The molecule has 3 aliphatic carbocycles. The molecule has 0 spiro atoms. The molecule has 35 heavy (non-hydrogen) atoms. The molecule has 9 unspecified atom stereocenters. The number of carbonyl (C=O) groups is 2. The van der Waals surface area contributed by atoms with Crippen LogP contribution < -0.4 is 0 Å². The molecular weight excluding hydrogens is 456 g/mol. The maximum absolute atomic E-state index is 12.7. The van der Waals surface area contributed by atoms with Gasteiger partial charge in [-0.25, -0.2) is 0 Å². The van der Waals surface area contributed by atoms with Crippen molar-refractivity contribution in [2.45, 2.75) is 89.9 Å². The Hall–Kier alpha value is -1.78. The van der Waals surface area contributed by atoms with Gasteiger partial charge in [-0.2, -0.15) is 0 Å². The number of hydrogen-bond acceptors (Lipinski definition) is 9. The van der Waals surface area contributed by atoms with Gasteiger partial charge in [0.25, 0.3) is 0 Å². The Morgan fingerprint density at radius 1 is 1.14 bits per heavy atom. The second kappa shape index (κ2) is 8.38. The first-order chi connectivity index (χ1) is 16.2. The van der Waals surface area contributed by atoms with Gasteiger partial charge < -0.3 is 33.9 Å². The standard InChI is InChI=1S/C26H38O9/c1-13-16-11-19(31-7)35-25(16,32-8)12-17-20(13)21(29)22(34-15(3)28)26(30)23(4,5)10-9-18(24(17,26)6)33-14(2)27/h11,17-22,29-30H,1,9-10,12H2,2-8H3. The van der Waals surface area contributed by atoms with Crippen LogP contribution >= 0.6 is 0 Å². The van der Waals surface area contributed by atoms with Crippen molar-refractivity contribution in [1.82, 2.24) is 0 Å². The van der Waals surface area contributed by atoms with E-state index in [1.165, 1.54) is 28.1 Å². The van der Waals surface area contributed by atoms with Crippen LogP contribution in [0.2, 0.25) is 0 Å². The Morgan fingerprint density at radius 3 is 2.31 bits per heavy atom. The average molecular weight is 495 g/mol. The number of methoxy groups -OCH3 is 2. The number of aliphatic hydroxyl groups is 2. The van der Waals surface area contributed by atoms with Crippen LogP contribution in [0.25, 0.3) is 0 Å². The molecule has 0 aromatic rings. The summed E-state index contributed by atoms with van der Waals surface area (Å²) < 4.78 is 29.1. The number of aliphatic hydroxyl groups excluding tert-OH is 1. The fourth-order valence-electron chi connectivity index (χ4n) is 7.60. The Bertz CT molecular complexity index is 956. The lowest BCUT2D eigenvalue weighted by Crippen LogP contribution is -2.80. The summed E-state index contributed by atoms with van der Waals surface area (Å²) in [5.74, 6) is -3.43. The fraction of sp³-hybridized carbons (Fsp3) is 0.769. The predicted octanol–water partition coefficient (Wildman–Crippen LogP) is 2.25. The van der Waals surface area contributed by atoms with E-state index in [-0.39, 0.29) is 6.42 Å². The summed E-state index contributed by atoms with van der Waals surface area (Å²) in [6.45, 7) is 12.5. The van der Waals surface area contributed by atoms with E-state index in [2.05, 4.69) is 6.58 Å². The third-order valence-electron chi connectivity index (χ3n) is 9.27. The van der Waals surface area contributed by atoms with Gasteiger partial charge in [0, 0.05) is 51.4 Å². The first-order valence-corrected chi connectivity index (χ1v) is 12.1. The summed E-state index contributed by atoms with van der Waals surface area (Å²) in [5.41, 5.74) is -2.49. The van der Waals surface area contributed by atoms with Gasteiger partial charge in [0.1, 0.15) is 17.8 Å². The molecule has 3 fully saturated rings. The molecule has 0 radical (unpaired) electrons. The molecule has 196 valence electrons. The van der Waals surface area contributed by atoms with Gasteiger partial charge in [-0.1, -0.05) is 27.4 Å². The van der Waals surface area contributed by atoms with Crippen LogP contribution in [0.15, 0.2) is 23.8 Å². The van der Waals surface area contributed by atoms with Crippen molar-refractivity contribution in [3.8, 4) is 0 Å². The molecule has 4 rings (SSSR count). The lowest BCUT2D eigenvalue weighted by molar-refractivity contribution is -0.348. The van der Waals surface area contributed by atoms with Crippen LogP contribution in [-0.2, 0) is 33.3 Å². The van der Waals surface area contributed by atoms with E-state index >= 15 is 0 Å². The van der Waals surface area contributed by atoms with E-state index in [1.807, 2.05) is 20.8 Å². The van der Waals surface area contributed by atoms with Crippen LogP contribution in [0, 0.1) is 22.7 Å². The zero-order valence-corrected chi connectivity index (χ0v) is 21.6. The SMILES string of the molecule is C=C1C2=CC(OC)OC2(OC)CC2C1C(O)C(OC(C)=O)C1(O)C(C)(C)CCC(OC(C)=O)C21C. The molecule has 4 aliphatic rings. The Labute approximate surface area is 206 Å². The minimum absolute atomic E-state index is 0.245. The van der Waals surface area contributed by atoms with Gasteiger partial charge in [0.15, 0.2) is 18.2 Å². The smallest absolute Gasteiger partial charge is 0.303 e. The summed E-state index contributed by atoms with van der Waals surface area (Å²) in [4.78, 5) is 24.4. The third-order valence-corrected chi connectivity index (χ3v) is 9.27. The molecule has 0 bridgehead atoms. The predicted molar refractivity (Wildman–Crippen MR) is 124 cm³/mol. The van der Waals surface area contributed by atoms with E-state index in [4.69, 9.17) is 23.7 Å². The minimum Gasteiger partial charge on any atom is -0.462 e. The summed E-state index contributed by atoms with van der Waals surface area (Å²) in [6, 6.07) is 0. The number of ether oxygens (including phenoxy) is 5. The van der Waals surface area contributed by atoms with Gasteiger partial charge in [-0.3, -0.25) is 9.59 Å². The van der Waals surface area contributed by atoms with Gasteiger partial charge in [-0.05, 0) is 35.8 Å². The topological polar surface area (TPSA) is 121 Å². The highest BCUT2D eigenvalue weighted by atomic mass is 16.8. The highest BCUT2D eigenvalue weighted by molar-refractivity contribution is 5.67. The highest BCUT2D eigenvalue weighted by Crippen LogP contribution is 2.69. The highest BCUT2D eigenvalue weighted by Gasteiger charge is 2.77. The first-order valence-electron chi connectivity index (χ1n) is 12.1. The van der Waals surface area contributed by atoms with Crippen molar-refractivity contribution in [2.75, 3.05) is 14.2 Å². The second-order valence-electron chi connectivity index (χ2n) is 11.2. The van der Waals surface area contributed by atoms with Crippen molar-refractivity contribution in [2.24, 2.45) is 22.7 Å². The van der Waals surface area contributed by atoms with E-state index in [0.717, 1.165) is 0 Å². The monoisotopic (exact) mass is 494 g/mol. The van der Waals surface area contributed by atoms with Crippen LogP contribution in [0.1, 0.15) is 53.9 Å². The molecule has 9 atom stereocenters. The summed E-state index contributed by atoms with van der Waals surface area (Å²) in [5, 5.41) is 24.4. The Kier molecular flexibility index (Phi) is 6.29. The molecule has 0 amide bonds. The molecule has 0 saturated heterocycles. The number of fused-ring (bicyclic) bond motifs is 4. The van der Waals surface area contributed by atoms with E-state index in [9.17, 15) is 19.8 Å². The quantitative estimate of drug-likeness (QED) is 0.567. The maximum atomic E-state index is 12.7. The van der Waals surface area contributed by atoms with Crippen LogP contribution in [-0.4, -0.2) is 72.4 Å². The van der Waals surface area contributed by atoms with Crippen molar-refractivity contribution < 1.29 is 43.5 Å². The van der Waals surface area contributed by atoms with Crippen molar-refractivity contribution >= 4 is 11.9 Å². The maximum Gasteiger partial charge on any atom is 0.303 e. The summed E-state index contributed by atoms with van der Waals surface area (Å²) >= 11 is 0. The second-order valence-corrected chi connectivity index (χ2v) is 11.2. The number of carbonyl (C=O) groups excluding carboxylic acids is 2. The van der Waals surface area contributed by atoms with Gasteiger partial charge in [-0.15, -0.1) is 0 Å². The van der Waals surface area contributed by atoms with Crippen LogP contribution in [0.5, 0.6) is 0 Å². The molecule has 9 nitrogen and oxygen atoms in total. The lowest BCUT2D eigenvalue weighted by Gasteiger charge is -2.70. The van der Waals surface area contributed by atoms with E-state index < -0.39 is 70.6 Å². The molecule has 0 aromatic heterocycles. The zero-order valence-electron chi connectivity index (χ0n) is 21.6. The fourth-order valence-corrected chi connectivity index (χ4v) is 7.60. The number of esters is 2. The molecule has 9 heteroatoms. The molecular formula is C26H38O9. The normalized spacial score (nSPS) is 46.1. The Balaban J connectivity index is 1.96. The minimum atomic E-state index is -1.75. The van der Waals surface area contributed by atoms with Gasteiger partial charge in [0.05, 0.1) is 0 Å². The summed E-state index contributed by atoms with van der Waals surface area (Å²) in [6.07, 6.45) is -0.918. The number of hydrogen-bond donors (Lipinski definition) is 2. The largest absolute Gasteiger partial charge is 0.462 e. The van der Waals surface area contributed by atoms with Crippen molar-refractivity contribution in [3.05, 3.63) is 23.8 Å². The molecule has 0 aromatic carbocycles. The third kappa shape index (κ3) is 3.39. The van der Waals surface area contributed by atoms with Gasteiger partial charge in [0.2, 0.25) is 0 Å². The molecule has 3 saturated carbocycles. The first kappa shape index (κ1) is 26.3. The zero-order chi connectivity index (χ0) is 26.1. The lowest BCUT2D eigenvalue weighted by atomic mass is 9.39. The van der Waals surface area contributed by atoms with Crippen LogP contribution in [0.3, 0.4) is 0 Å². The van der Waals surface area contributed by atoms with Gasteiger partial charge >= 0.3 is 11.9 Å². The van der Waals surface area contributed by atoms with E-state index in [0.29, 0.717) is 24.0 Å². The van der Waals surface area contributed by atoms with Crippen molar-refractivity contribution in [3.63, 3.8) is 0 Å². The van der Waals surface area contributed by atoms with E-state index in [1.54, 1.807) is 6.08 Å². The summed E-state index contributed by atoms with van der Waals surface area (Å²) in [7, 11) is 3.05.